The molecule has 0 radical (unpaired) electrons. The highest BCUT2D eigenvalue weighted by atomic mass is 32.2. The van der Waals surface area contributed by atoms with Crippen LogP contribution in [0.4, 0.5) is 0 Å². The van der Waals surface area contributed by atoms with Crippen molar-refractivity contribution in [3.8, 4) is 0 Å². The number of aliphatic carboxylic acids is 5. The largest absolute Gasteiger partial charge is 0.616 e. The fraction of sp³-hybridized carbons (Fsp3) is 0.441. The molecule has 15 nitrogen and oxygen atoms in total. The molecule has 0 heterocycles. The monoisotopic (exact) mass is 858 g/mol. The summed E-state index contributed by atoms with van der Waals surface area (Å²) in [7, 11) is 0. The molecule has 0 fully saturated rings. The van der Waals surface area contributed by atoms with E-state index in [1.54, 1.807) is 51.1 Å². The quantitative estimate of drug-likeness (QED) is 0.106. The molecule has 0 saturated carbocycles. The third-order valence-electron chi connectivity index (χ3n) is 5.25. The average molecular weight is 859 g/mol. The fourth-order valence-corrected chi connectivity index (χ4v) is 7.03. The minimum absolute atomic E-state index is 0.208. The van der Waals surface area contributed by atoms with Gasteiger partial charge in [-0.05, 0) is 101 Å². The minimum atomic E-state index is -1.41. The van der Waals surface area contributed by atoms with Crippen molar-refractivity contribution in [3.05, 3.63) is 78.9 Å². The maximum atomic E-state index is 11.2. The van der Waals surface area contributed by atoms with Crippen LogP contribution in [-0.4, -0.2) is 123 Å². The molecule has 0 bridgehead atoms. The first-order chi connectivity index (χ1) is 25.0. The van der Waals surface area contributed by atoms with Gasteiger partial charge in [-0.3, -0.25) is 0 Å². The average Bonchev–Trinajstić information content (AvgIpc) is 3.04. The fourth-order valence-electron chi connectivity index (χ4n) is 2.89. The topological polar surface area (TPSA) is 302 Å². The Kier molecular flexibility index (Phi) is 34.3. The summed E-state index contributed by atoms with van der Waals surface area (Å²) in [5, 5.41) is 41.2. The Hall–Kier alpha value is -2.92. The molecule has 0 amide bonds. The molecule has 2 aromatic rings. The summed E-state index contributed by atoms with van der Waals surface area (Å²) in [5.41, 5.74) is 0.905. The Balaban J connectivity index is -0.000000607. The van der Waals surface area contributed by atoms with Crippen LogP contribution in [0.2, 0.25) is 0 Å². The molecule has 306 valence electrons. The van der Waals surface area contributed by atoms with Gasteiger partial charge in [0.25, 0.3) is 0 Å². The van der Waals surface area contributed by atoms with Crippen LogP contribution in [0, 0.1) is 0 Å². The van der Waals surface area contributed by atoms with Crippen LogP contribution >= 0.6 is 0 Å². The van der Waals surface area contributed by atoms with Crippen molar-refractivity contribution in [2.24, 2.45) is 0 Å². The highest BCUT2D eigenvalue weighted by molar-refractivity contribution is 7.93. The first kappa shape index (κ1) is 55.4. The summed E-state index contributed by atoms with van der Waals surface area (Å²) in [6.45, 7) is 10.6. The number of hydrogen-bond acceptors (Lipinski definition) is 10. The Morgan fingerprint density at radius 3 is 1.41 bits per heavy atom. The van der Waals surface area contributed by atoms with E-state index in [-0.39, 0.29) is 34.5 Å². The van der Waals surface area contributed by atoms with Gasteiger partial charge in [0, 0.05) is 5.56 Å². The molecule has 0 aliphatic heterocycles. The van der Waals surface area contributed by atoms with Gasteiger partial charge in [-0.2, -0.15) is 0 Å². The number of unbranched alkanes of at least 4 members (excludes halogenated alkanes) is 1. The summed E-state index contributed by atoms with van der Waals surface area (Å²) in [4.78, 5) is 50.9. The molecule has 2 aromatic carbocycles. The Bertz CT molecular complexity index is 1330. The summed E-state index contributed by atoms with van der Waals surface area (Å²) in [6.07, 6.45) is 3.25. The van der Waals surface area contributed by atoms with Gasteiger partial charge >= 0.3 is 29.8 Å². The maximum absolute atomic E-state index is 11.2. The number of carboxylic acids is 5. The second-order valence-corrected chi connectivity index (χ2v) is 19.5. The Labute approximate surface area is 331 Å². The lowest BCUT2D eigenvalue weighted by atomic mass is 10.2. The van der Waals surface area contributed by atoms with Gasteiger partial charge in [0.15, 0.2) is 4.90 Å². The normalized spacial score (nSPS) is 13.0. The zero-order valence-corrected chi connectivity index (χ0v) is 34.6. The van der Waals surface area contributed by atoms with E-state index < -0.39 is 90.5 Å². The highest BCUT2D eigenvalue weighted by Crippen LogP contribution is 2.15. The lowest BCUT2D eigenvalue weighted by Gasteiger charge is -2.22. The first-order valence-electron chi connectivity index (χ1n) is 15.7. The number of carbonyl (C=O) groups is 5. The van der Waals surface area contributed by atoms with E-state index in [4.69, 9.17) is 25.5 Å². The first-order valence-corrected chi connectivity index (χ1v) is 22.8. The molecule has 20 heteroatoms. The maximum Gasteiger partial charge on any atom is 0.354 e. The van der Waals surface area contributed by atoms with E-state index in [2.05, 4.69) is 6.58 Å². The van der Waals surface area contributed by atoms with Crippen molar-refractivity contribution < 1.29 is 72.3 Å². The van der Waals surface area contributed by atoms with Crippen LogP contribution in [0.15, 0.2) is 78.2 Å². The van der Waals surface area contributed by atoms with Crippen LogP contribution < -0.4 is 0 Å². The van der Waals surface area contributed by atoms with E-state index in [0.29, 0.717) is 16.4 Å². The van der Waals surface area contributed by atoms with E-state index in [1.807, 2.05) is 37.3 Å². The van der Waals surface area contributed by atoms with Gasteiger partial charge < -0.3 is 48.3 Å². The van der Waals surface area contributed by atoms with Gasteiger partial charge in [0.2, 0.25) is 28.8 Å². The molecular weight excluding hydrogens is 809 g/mol. The van der Waals surface area contributed by atoms with Gasteiger partial charge in [-0.15, -0.1) is 0 Å². The van der Waals surface area contributed by atoms with Crippen molar-refractivity contribution in [1.29, 1.82) is 0 Å². The van der Waals surface area contributed by atoms with Crippen LogP contribution in [0.3, 0.4) is 0 Å². The molecule has 54 heavy (non-hydrogen) atoms. The number of rotatable bonds is 18. The third-order valence-corrected chi connectivity index (χ3v) is 12.1. The van der Waals surface area contributed by atoms with Crippen LogP contribution in [0.5, 0.6) is 0 Å². The zero-order valence-electron chi connectivity index (χ0n) is 30.5. The Morgan fingerprint density at radius 1 is 0.630 bits per heavy atom. The SMILES string of the molecule is C=CC[S+]([O-])CC(=O)O.CC(C)(C)[S+]([O-])CC(=O)O.CCCC[S+]([O-])CC(=O)O.O=C(O)C[S+]([O-])Cc1ccccc1.O=C(O)C[S+]([O-])c1ccccc1. The molecule has 0 aromatic heterocycles. The van der Waals surface area contributed by atoms with Crippen LogP contribution in [-0.2, 0) is 85.6 Å². The lowest BCUT2D eigenvalue weighted by molar-refractivity contribution is -0.135. The van der Waals surface area contributed by atoms with Crippen molar-refractivity contribution in [1.82, 2.24) is 0 Å². The highest BCUT2D eigenvalue weighted by Gasteiger charge is 2.27. The van der Waals surface area contributed by atoms with E-state index in [9.17, 15) is 46.7 Å². The molecule has 5 unspecified atom stereocenters. The number of carboxylic acid groups (broad SMARTS) is 5. The smallest absolute Gasteiger partial charge is 0.354 e. The van der Waals surface area contributed by atoms with Crippen LogP contribution in [0.25, 0.3) is 0 Å². The third kappa shape index (κ3) is 38.8. The Morgan fingerprint density at radius 2 is 1.04 bits per heavy atom. The summed E-state index contributed by atoms with van der Waals surface area (Å²) < 4.78 is 54.2. The van der Waals surface area contributed by atoms with E-state index >= 15 is 0 Å². The van der Waals surface area contributed by atoms with Gasteiger partial charge in [0.1, 0.15) is 22.0 Å². The molecule has 0 saturated heterocycles. The van der Waals surface area contributed by atoms with Crippen molar-refractivity contribution in [2.45, 2.75) is 55.9 Å². The molecule has 2 rings (SSSR count). The van der Waals surface area contributed by atoms with Gasteiger partial charge in [0.05, 0.1) is 0 Å². The van der Waals surface area contributed by atoms with Crippen LogP contribution in [0.1, 0.15) is 46.1 Å². The predicted octanol–water partition coefficient (Wildman–Crippen LogP) is 3.14. The van der Waals surface area contributed by atoms with E-state index in [1.165, 1.54) is 6.08 Å². The minimum Gasteiger partial charge on any atom is -0.616 e. The summed E-state index contributed by atoms with van der Waals surface area (Å²) in [5.74, 6) is -5.36. The standard InChI is InChI=1S/C9H10O3S.C8H8O3S.2C6H12O3S.C5H8O3S/c10-9(11)7-13(12)6-8-4-2-1-3-5-8;9-8(10)6-12(11)7-4-2-1-3-5-7;1-6(2,3)10(9)4-5(7)8;1-2-3-4-10(9)5-6(7)8;1-2-3-9(8)4-5(6)7/h1-5H,6-7H2,(H,10,11);1-5H,6H2,(H,9,10);4H2,1-3H3,(H,7,8);2-5H2,1H3,(H,7,8);2H,1,3-4H2,(H,6,7). The van der Waals surface area contributed by atoms with Crippen molar-refractivity contribution >= 4 is 85.7 Å². The second-order valence-electron chi connectivity index (χ2n) is 11.3. The summed E-state index contributed by atoms with van der Waals surface area (Å²) >= 11 is -6.40. The molecular formula is C34H50O15S5. The molecule has 0 aliphatic rings. The van der Waals surface area contributed by atoms with Crippen molar-refractivity contribution in [3.63, 3.8) is 0 Å². The molecule has 5 atom stereocenters. The molecule has 0 aliphatic carbocycles. The van der Waals surface area contributed by atoms with Crippen molar-refractivity contribution in [2.75, 3.05) is 40.3 Å². The molecule has 5 N–H and O–H groups in total. The van der Waals surface area contributed by atoms with Gasteiger partial charge in [-0.25, -0.2) is 24.0 Å². The zero-order chi connectivity index (χ0) is 42.3. The molecule has 0 spiro atoms. The number of hydrogen-bond donors (Lipinski definition) is 5. The number of benzene rings is 2. The lowest BCUT2D eigenvalue weighted by Crippen LogP contribution is -2.33. The predicted molar refractivity (Wildman–Crippen MR) is 213 cm³/mol. The van der Waals surface area contributed by atoms with Gasteiger partial charge in [-0.1, -0.05) is 68.5 Å². The van der Waals surface area contributed by atoms with E-state index in [0.717, 1.165) is 18.4 Å². The second kappa shape index (κ2) is 33.4. The summed E-state index contributed by atoms with van der Waals surface area (Å²) in [6, 6.07) is 17.8.